The molecule has 0 amide bonds. The van der Waals surface area contributed by atoms with Gasteiger partial charge < -0.3 is 0 Å². The third-order valence-electron chi connectivity index (χ3n) is 3.30. The Hall–Kier alpha value is -0.960. The van der Waals surface area contributed by atoms with Gasteiger partial charge in [0.15, 0.2) is 0 Å². The fourth-order valence-electron chi connectivity index (χ4n) is 2.36. The van der Waals surface area contributed by atoms with E-state index in [0.717, 1.165) is 29.7 Å². The molecule has 1 saturated carbocycles. The molecule has 0 aromatic heterocycles. The van der Waals surface area contributed by atoms with E-state index in [4.69, 9.17) is 0 Å². The van der Waals surface area contributed by atoms with Gasteiger partial charge in [0.25, 0.3) is 0 Å². The molecule has 0 N–H and O–H groups in total. The number of rotatable bonds is 2. The smallest absolute Gasteiger partial charge is 0.148 e. The Bertz CT molecular complexity index is 465. The molecular weight excluding hydrogens is 232 g/mol. The zero-order chi connectivity index (χ0) is 12.4. The molecule has 17 heavy (non-hydrogen) atoms. The lowest BCUT2D eigenvalue weighted by molar-refractivity contribution is -0.119. The Labute approximate surface area is 105 Å². The minimum absolute atomic E-state index is 0.176. The summed E-state index contributed by atoms with van der Waals surface area (Å²) in [4.78, 5) is 12.6. The van der Waals surface area contributed by atoms with Crippen molar-refractivity contribution in [2.24, 2.45) is 0 Å². The van der Waals surface area contributed by atoms with Gasteiger partial charge in [-0.05, 0) is 38.3 Å². The average Bonchev–Trinajstić information content (AvgIpc) is 2.29. The molecule has 2 rings (SSSR count). The molecular formula is C14H18O2S. The Balaban J connectivity index is 2.27. The lowest BCUT2D eigenvalue weighted by Crippen LogP contribution is -2.29. The van der Waals surface area contributed by atoms with E-state index in [9.17, 15) is 9.00 Å². The first kappa shape index (κ1) is 12.5. The molecule has 1 aliphatic carbocycles. The summed E-state index contributed by atoms with van der Waals surface area (Å²) in [5.74, 6) is 0.176. The molecule has 0 radical (unpaired) electrons. The Kier molecular flexibility index (Phi) is 3.77. The summed E-state index contributed by atoms with van der Waals surface area (Å²) in [6.07, 6.45) is 3.35. The summed E-state index contributed by atoms with van der Waals surface area (Å²) in [7, 11) is -1.17. The minimum Gasteiger partial charge on any atom is -0.298 e. The van der Waals surface area contributed by atoms with Crippen LogP contribution in [0.15, 0.2) is 23.1 Å². The fraction of sp³-hybridized carbons (Fsp3) is 0.500. The second-order valence-corrected chi connectivity index (χ2v) is 6.37. The van der Waals surface area contributed by atoms with Crippen molar-refractivity contribution in [3.8, 4) is 0 Å². The van der Waals surface area contributed by atoms with Crippen molar-refractivity contribution < 1.29 is 9.00 Å². The SMILES string of the molecule is Cc1ccc(S(=O)C2CCCCC2=O)c(C)c1. The molecule has 1 aromatic carbocycles. The number of hydrogen-bond donors (Lipinski definition) is 0. The molecule has 0 saturated heterocycles. The molecule has 1 aromatic rings. The van der Waals surface area contributed by atoms with Gasteiger partial charge in [-0.1, -0.05) is 24.1 Å². The van der Waals surface area contributed by atoms with Crippen molar-refractivity contribution in [2.45, 2.75) is 49.7 Å². The number of aryl methyl sites for hydroxylation is 2. The van der Waals surface area contributed by atoms with Crippen molar-refractivity contribution in [2.75, 3.05) is 0 Å². The zero-order valence-corrected chi connectivity index (χ0v) is 11.2. The highest BCUT2D eigenvalue weighted by Gasteiger charge is 2.29. The lowest BCUT2D eigenvalue weighted by atomic mass is 9.99. The summed E-state index contributed by atoms with van der Waals surface area (Å²) in [6.45, 7) is 3.99. The zero-order valence-electron chi connectivity index (χ0n) is 10.4. The maximum absolute atomic E-state index is 12.4. The largest absolute Gasteiger partial charge is 0.298 e. The van der Waals surface area contributed by atoms with Crippen LogP contribution in [0.1, 0.15) is 36.8 Å². The van der Waals surface area contributed by atoms with E-state index in [-0.39, 0.29) is 11.0 Å². The van der Waals surface area contributed by atoms with Crippen LogP contribution >= 0.6 is 0 Å². The van der Waals surface area contributed by atoms with Crippen molar-refractivity contribution in [1.29, 1.82) is 0 Å². The highest BCUT2D eigenvalue weighted by atomic mass is 32.2. The van der Waals surface area contributed by atoms with Crippen LogP contribution in [0.3, 0.4) is 0 Å². The van der Waals surface area contributed by atoms with Crippen molar-refractivity contribution >= 4 is 16.6 Å². The predicted molar refractivity (Wildman–Crippen MR) is 69.6 cm³/mol. The first-order valence-corrected chi connectivity index (χ1v) is 7.31. The summed E-state index contributed by atoms with van der Waals surface area (Å²) in [5, 5.41) is -0.273. The summed E-state index contributed by atoms with van der Waals surface area (Å²) < 4.78 is 12.4. The molecule has 1 fully saturated rings. The number of carbonyl (C=O) groups is 1. The maximum Gasteiger partial charge on any atom is 0.148 e. The van der Waals surface area contributed by atoms with E-state index >= 15 is 0 Å². The van der Waals surface area contributed by atoms with Crippen molar-refractivity contribution in [3.05, 3.63) is 29.3 Å². The third-order valence-corrected chi connectivity index (χ3v) is 5.21. The molecule has 0 aliphatic heterocycles. The molecule has 2 nitrogen and oxygen atoms in total. The monoisotopic (exact) mass is 250 g/mol. The van der Waals surface area contributed by atoms with Crippen LogP contribution in [0.4, 0.5) is 0 Å². The number of carbonyl (C=O) groups excluding carboxylic acids is 1. The quantitative estimate of drug-likeness (QED) is 0.808. The number of ketones is 1. The fourth-order valence-corrected chi connectivity index (χ4v) is 3.98. The Morgan fingerprint density at radius 2 is 2.00 bits per heavy atom. The molecule has 3 heteroatoms. The van der Waals surface area contributed by atoms with Gasteiger partial charge in [0.2, 0.25) is 0 Å². The van der Waals surface area contributed by atoms with E-state index in [1.807, 2.05) is 32.0 Å². The highest BCUT2D eigenvalue weighted by molar-refractivity contribution is 7.86. The standard InChI is InChI=1S/C14H18O2S/c1-10-7-8-13(11(2)9-10)17(16)14-6-4-3-5-12(14)15/h7-9,14H,3-6H2,1-2H3. The normalized spacial score (nSPS) is 22.5. The van der Waals surface area contributed by atoms with Crippen LogP contribution in [-0.4, -0.2) is 15.2 Å². The summed E-state index contributed by atoms with van der Waals surface area (Å²) in [5.41, 5.74) is 2.19. The Morgan fingerprint density at radius 3 is 2.65 bits per heavy atom. The number of hydrogen-bond acceptors (Lipinski definition) is 2. The van der Waals surface area contributed by atoms with Crippen LogP contribution in [0.5, 0.6) is 0 Å². The van der Waals surface area contributed by atoms with Crippen LogP contribution in [0, 0.1) is 13.8 Å². The van der Waals surface area contributed by atoms with Gasteiger partial charge in [0.1, 0.15) is 5.78 Å². The molecule has 1 aliphatic rings. The van der Waals surface area contributed by atoms with Crippen molar-refractivity contribution in [3.63, 3.8) is 0 Å². The van der Waals surface area contributed by atoms with Gasteiger partial charge in [0, 0.05) is 11.3 Å². The van der Waals surface area contributed by atoms with Gasteiger partial charge in [-0.3, -0.25) is 9.00 Å². The Morgan fingerprint density at radius 1 is 1.24 bits per heavy atom. The van der Waals surface area contributed by atoms with Crippen LogP contribution in [0.2, 0.25) is 0 Å². The van der Waals surface area contributed by atoms with Gasteiger partial charge in [-0.15, -0.1) is 0 Å². The number of benzene rings is 1. The molecule has 2 unspecified atom stereocenters. The summed E-state index contributed by atoms with van der Waals surface area (Å²) >= 11 is 0. The first-order valence-electron chi connectivity index (χ1n) is 6.10. The maximum atomic E-state index is 12.4. The lowest BCUT2D eigenvalue weighted by Gasteiger charge is -2.20. The van der Waals surface area contributed by atoms with Gasteiger partial charge in [-0.25, -0.2) is 0 Å². The highest BCUT2D eigenvalue weighted by Crippen LogP contribution is 2.25. The van der Waals surface area contributed by atoms with Crippen LogP contribution < -0.4 is 0 Å². The van der Waals surface area contributed by atoms with E-state index in [2.05, 4.69) is 0 Å². The average molecular weight is 250 g/mol. The van der Waals surface area contributed by atoms with Gasteiger partial charge in [0.05, 0.1) is 16.0 Å². The van der Waals surface area contributed by atoms with Crippen LogP contribution in [0.25, 0.3) is 0 Å². The van der Waals surface area contributed by atoms with E-state index in [0.29, 0.717) is 6.42 Å². The summed E-state index contributed by atoms with van der Waals surface area (Å²) in [6, 6.07) is 5.90. The third kappa shape index (κ3) is 2.65. The van der Waals surface area contributed by atoms with E-state index in [1.165, 1.54) is 5.56 Å². The topological polar surface area (TPSA) is 34.1 Å². The molecule has 2 atom stereocenters. The minimum atomic E-state index is -1.17. The predicted octanol–water partition coefficient (Wildman–Crippen LogP) is 2.92. The van der Waals surface area contributed by atoms with Crippen molar-refractivity contribution in [1.82, 2.24) is 0 Å². The first-order chi connectivity index (χ1) is 8.09. The molecule has 0 spiro atoms. The second kappa shape index (κ2) is 5.13. The van der Waals surface area contributed by atoms with Crippen LogP contribution in [-0.2, 0) is 15.6 Å². The van der Waals surface area contributed by atoms with E-state index in [1.54, 1.807) is 0 Å². The number of Topliss-reactive ketones (excluding diaryl/α,β-unsaturated/α-hetero) is 1. The second-order valence-electron chi connectivity index (χ2n) is 4.77. The molecule has 0 bridgehead atoms. The van der Waals surface area contributed by atoms with Gasteiger partial charge >= 0.3 is 0 Å². The van der Waals surface area contributed by atoms with Gasteiger partial charge in [-0.2, -0.15) is 0 Å². The van der Waals surface area contributed by atoms with E-state index < -0.39 is 10.8 Å². The molecule has 0 heterocycles. The molecule has 92 valence electrons.